The van der Waals surface area contributed by atoms with Gasteiger partial charge in [0, 0.05) is 30.4 Å². The lowest BCUT2D eigenvalue weighted by Gasteiger charge is -2.49. The van der Waals surface area contributed by atoms with Gasteiger partial charge in [-0.05, 0) is 17.4 Å². The van der Waals surface area contributed by atoms with Crippen LogP contribution in [0.4, 0.5) is 0 Å². The number of hydrogen-bond donors (Lipinski definition) is 2. The zero-order valence-corrected chi connectivity index (χ0v) is 15.4. The third-order valence-electron chi connectivity index (χ3n) is 5.76. The summed E-state index contributed by atoms with van der Waals surface area (Å²) in [6.45, 7) is 14.8. The highest BCUT2D eigenvalue weighted by Gasteiger charge is 2.59. The first kappa shape index (κ1) is 20.4. The molecule has 2 rings (SSSR count). The van der Waals surface area contributed by atoms with Gasteiger partial charge in [-0.2, -0.15) is 0 Å². The monoisotopic (exact) mass is 364 g/mol. The normalized spacial score (nSPS) is 36.0. The van der Waals surface area contributed by atoms with E-state index in [1.165, 1.54) is 0 Å². The van der Waals surface area contributed by atoms with Crippen molar-refractivity contribution in [3.63, 3.8) is 0 Å². The molecule has 6 nitrogen and oxygen atoms in total. The minimum absolute atomic E-state index is 0.132. The van der Waals surface area contributed by atoms with Gasteiger partial charge in [0.25, 0.3) is 0 Å². The van der Waals surface area contributed by atoms with Gasteiger partial charge in [0.05, 0.1) is 12.5 Å². The van der Waals surface area contributed by atoms with Crippen molar-refractivity contribution in [1.29, 1.82) is 0 Å². The summed E-state index contributed by atoms with van der Waals surface area (Å²) in [4.78, 5) is 24.5. The molecule has 2 fully saturated rings. The summed E-state index contributed by atoms with van der Waals surface area (Å²) in [5.41, 5.74) is 0.192. The SMILES string of the molecule is C=CC1(C)CC(OC(=O)C(=C)CCO)C2C(C)C(=O)OC2C1C(=C)CO. The van der Waals surface area contributed by atoms with Crippen LogP contribution in [-0.4, -0.2) is 47.6 Å². The van der Waals surface area contributed by atoms with Crippen molar-refractivity contribution in [1.82, 2.24) is 0 Å². The first-order valence-corrected chi connectivity index (χ1v) is 8.82. The van der Waals surface area contributed by atoms with Crippen molar-refractivity contribution in [2.24, 2.45) is 23.2 Å². The summed E-state index contributed by atoms with van der Waals surface area (Å²) in [6.07, 6.45) is 1.20. The smallest absolute Gasteiger partial charge is 0.333 e. The molecule has 2 N–H and O–H groups in total. The summed E-state index contributed by atoms with van der Waals surface area (Å²) < 4.78 is 11.3. The fourth-order valence-electron chi connectivity index (χ4n) is 4.24. The van der Waals surface area contributed by atoms with Gasteiger partial charge in [-0.15, -0.1) is 6.58 Å². The van der Waals surface area contributed by atoms with Crippen LogP contribution in [-0.2, 0) is 19.1 Å². The fourth-order valence-corrected chi connectivity index (χ4v) is 4.24. The summed E-state index contributed by atoms with van der Waals surface area (Å²) in [5, 5.41) is 18.6. The Morgan fingerprint density at radius 2 is 2.08 bits per heavy atom. The van der Waals surface area contributed by atoms with Gasteiger partial charge in [-0.1, -0.05) is 33.1 Å². The Morgan fingerprint density at radius 3 is 2.62 bits per heavy atom. The molecule has 6 atom stereocenters. The number of allylic oxidation sites excluding steroid dienone is 1. The zero-order valence-electron chi connectivity index (χ0n) is 15.4. The Labute approximate surface area is 154 Å². The number of aliphatic hydroxyl groups excluding tert-OH is 2. The Hall–Kier alpha value is -1.92. The number of hydrogen-bond acceptors (Lipinski definition) is 6. The second-order valence-electron chi connectivity index (χ2n) is 7.50. The van der Waals surface area contributed by atoms with Gasteiger partial charge >= 0.3 is 11.9 Å². The van der Waals surface area contributed by atoms with Crippen LogP contribution in [0, 0.1) is 23.2 Å². The third kappa shape index (κ3) is 3.48. The lowest BCUT2D eigenvalue weighted by atomic mass is 9.58. The quantitative estimate of drug-likeness (QED) is 0.406. The Bertz CT molecular complexity index is 624. The molecule has 6 heteroatoms. The van der Waals surface area contributed by atoms with E-state index in [9.17, 15) is 14.7 Å². The minimum Gasteiger partial charge on any atom is -0.461 e. The molecule has 2 aliphatic rings. The lowest BCUT2D eigenvalue weighted by Crippen LogP contribution is -2.52. The second-order valence-corrected chi connectivity index (χ2v) is 7.50. The van der Waals surface area contributed by atoms with Gasteiger partial charge in [0.2, 0.25) is 0 Å². The standard InChI is InChI=1S/C20H28O6/c1-6-20(5)9-14(25-18(23)11(2)7-8-21)15-13(4)19(24)26-17(15)16(20)12(3)10-22/h6,13-17,21-22H,1-3,7-10H2,4-5H3. The summed E-state index contributed by atoms with van der Waals surface area (Å²) in [7, 11) is 0. The van der Waals surface area contributed by atoms with E-state index in [1.807, 2.05) is 6.92 Å². The van der Waals surface area contributed by atoms with Gasteiger partial charge in [0.15, 0.2) is 0 Å². The van der Waals surface area contributed by atoms with Gasteiger partial charge in [-0.25, -0.2) is 4.79 Å². The van der Waals surface area contributed by atoms with Crippen LogP contribution >= 0.6 is 0 Å². The van der Waals surface area contributed by atoms with Crippen molar-refractivity contribution < 1.29 is 29.3 Å². The number of fused-ring (bicyclic) bond motifs is 1. The largest absolute Gasteiger partial charge is 0.461 e. The van der Waals surface area contributed by atoms with E-state index >= 15 is 0 Å². The molecule has 0 bridgehead atoms. The molecule has 1 saturated carbocycles. The average molecular weight is 364 g/mol. The van der Waals surface area contributed by atoms with E-state index in [2.05, 4.69) is 19.7 Å². The van der Waals surface area contributed by atoms with E-state index in [4.69, 9.17) is 14.6 Å². The van der Waals surface area contributed by atoms with E-state index in [-0.39, 0.29) is 43.0 Å². The number of carbonyl (C=O) groups excluding carboxylic acids is 2. The van der Waals surface area contributed by atoms with Gasteiger partial charge < -0.3 is 19.7 Å². The van der Waals surface area contributed by atoms with Crippen molar-refractivity contribution in [3.8, 4) is 0 Å². The molecule has 0 aromatic heterocycles. The minimum atomic E-state index is -0.583. The van der Waals surface area contributed by atoms with Crippen LogP contribution in [0.25, 0.3) is 0 Å². The Kier molecular flexibility index (Phi) is 6.09. The third-order valence-corrected chi connectivity index (χ3v) is 5.76. The topological polar surface area (TPSA) is 93.1 Å². The van der Waals surface area contributed by atoms with Crippen LogP contribution in [0.2, 0.25) is 0 Å². The number of carbonyl (C=O) groups is 2. The first-order chi connectivity index (χ1) is 12.2. The predicted octanol–water partition coefficient (Wildman–Crippen LogP) is 1.78. The highest BCUT2D eigenvalue weighted by atomic mass is 16.6. The van der Waals surface area contributed by atoms with Crippen molar-refractivity contribution in [2.45, 2.75) is 38.9 Å². The van der Waals surface area contributed by atoms with Crippen LogP contribution in [0.3, 0.4) is 0 Å². The Morgan fingerprint density at radius 1 is 1.42 bits per heavy atom. The molecule has 26 heavy (non-hydrogen) atoms. The molecule has 0 aromatic rings. The molecule has 0 amide bonds. The zero-order chi connectivity index (χ0) is 19.6. The van der Waals surface area contributed by atoms with Crippen LogP contribution < -0.4 is 0 Å². The molecule has 6 unspecified atom stereocenters. The predicted molar refractivity (Wildman–Crippen MR) is 95.9 cm³/mol. The maximum Gasteiger partial charge on any atom is 0.333 e. The summed E-state index contributed by atoms with van der Waals surface area (Å²) in [6, 6.07) is 0. The molecule has 1 aliphatic heterocycles. The fraction of sp³-hybridized carbons (Fsp3) is 0.600. The van der Waals surface area contributed by atoms with Gasteiger partial charge in [0.1, 0.15) is 12.2 Å². The highest BCUT2D eigenvalue weighted by Crippen LogP contribution is 2.54. The molecule has 0 spiro atoms. The lowest BCUT2D eigenvalue weighted by molar-refractivity contribution is -0.160. The number of aliphatic hydroxyl groups is 2. The molecule has 144 valence electrons. The van der Waals surface area contributed by atoms with E-state index in [0.717, 1.165) is 0 Å². The number of rotatable bonds is 7. The number of ether oxygens (including phenoxy) is 2. The van der Waals surface area contributed by atoms with Gasteiger partial charge in [-0.3, -0.25) is 4.79 Å². The van der Waals surface area contributed by atoms with Crippen molar-refractivity contribution in [3.05, 3.63) is 37.0 Å². The molecule has 1 saturated heterocycles. The molecule has 0 aromatic carbocycles. The van der Waals surface area contributed by atoms with Crippen LogP contribution in [0.15, 0.2) is 37.0 Å². The molecule has 1 aliphatic carbocycles. The van der Waals surface area contributed by atoms with Crippen molar-refractivity contribution in [2.75, 3.05) is 13.2 Å². The molecule has 1 heterocycles. The Balaban J connectivity index is 2.37. The van der Waals surface area contributed by atoms with Crippen LogP contribution in [0.1, 0.15) is 26.7 Å². The highest BCUT2D eigenvalue weighted by molar-refractivity contribution is 5.88. The van der Waals surface area contributed by atoms with E-state index < -0.39 is 29.5 Å². The first-order valence-electron chi connectivity index (χ1n) is 8.82. The summed E-state index contributed by atoms with van der Waals surface area (Å²) >= 11 is 0. The van der Waals surface area contributed by atoms with E-state index in [0.29, 0.717) is 12.0 Å². The molecular weight excluding hydrogens is 336 g/mol. The average Bonchev–Trinajstić information content (AvgIpc) is 2.89. The van der Waals surface area contributed by atoms with Crippen LogP contribution in [0.5, 0.6) is 0 Å². The molecular formula is C20H28O6. The van der Waals surface area contributed by atoms with E-state index in [1.54, 1.807) is 13.0 Å². The summed E-state index contributed by atoms with van der Waals surface area (Å²) in [5.74, 6) is -2.01. The maximum absolute atomic E-state index is 12.3. The maximum atomic E-state index is 12.3. The molecule has 0 radical (unpaired) electrons. The van der Waals surface area contributed by atoms with Crippen molar-refractivity contribution >= 4 is 11.9 Å². The number of esters is 2. The second kappa shape index (κ2) is 7.76.